The minimum Gasteiger partial charge on any atom is -0.445 e. The smallest absolute Gasteiger partial charge is 0.410 e. The number of likely N-dealkylation sites (tertiary alicyclic amines) is 1. The van der Waals surface area contributed by atoms with Crippen LogP contribution in [-0.4, -0.2) is 41.0 Å². The Hall–Kier alpha value is -0.870. The fourth-order valence-corrected chi connectivity index (χ4v) is 3.18. The van der Waals surface area contributed by atoms with E-state index in [2.05, 4.69) is 0 Å². The normalized spacial score (nSPS) is 23.1. The summed E-state index contributed by atoms with van der Waals surface area (Å²) in [5, 5.41) is 0.320. The third kappa shape index (κ3) is 3.33. The van der Waals surface area contributed by atoms with Crippen molar-refractivity contribution in [2.24, 2.45) is 0 Å². The largest absolute Gasteiger partial charge is 0.445 e. The van der Waals surface area contributed by atoms with Gasteiger partial charge >= 0.3 is 6.09 Å². The number of alkyl halides is 1. The van der Waals surface area contributed by atoms with Gasteiger partial charge in [-0.05, 0) is 11.8 Å². The SMILES string of the molecule is CS[C@@H]1CN(C(=O)OCc2ccccc2)C[C@@H]1Cl. The molecule has 0 N–H and O–H groups in total. The Bertz CT molecular complexity index is 401. The third-order valence-corrected chi connectivity index (χ3v) is 4.64. The highest BCUT2D eigenvalue weighted by molar-refractivity contribution is 7.99. The molecule has 5 heteroatoms. The number of carbonyl (C=O) groups excluding carboxylic acids is 1. The van der Waals surface area contributed by atoms with Crippen molar-refractivity contribution in [3.63, 3.8) is 0 Å². The number of nitrogens with zero attached hydrogens (tertiary/aromatic N) is 1. The summed E-state index contributed by atoms with van der Waals surface area (Å²) in [5.41, 5.74) is 0.994. The second-order valence-corrected chi connectivity index (χ2v) is 5.87. The number of benzene rings is 1. The molecule has 18 heavy (non-hydrogen) atoms. The van der Waals surface area contributed by atoms with E-state index in [1.165, 1.54) is 0 Å². The maximum atomic E-state index is 11.9. The van der Waals surface area contributed by atoms with E-state index < -0.39 is 0 Å². The average molecular weight is 286 g/mol. The molecule has 2 atom stereocenters. The van der Waals surface area contributed by atoms with Crippen molar-refractivity contribution < 1.29 is 9.53 Å². The van der Waals surface area contributed by atoms with E-state index in [0.29, 0.717) is 24.9 Å². The van der Waals surface area contributed by atoms with Gasteiger partial charge in [0.15, 0.2) is 0 Å². The lowest BCUT2D eigenvalue weighted by molar-refractivity contribution is 0.104. The first-order valence-electron chi connectivity index (χ1n) is 5.83. The van der Waals surface area contributed by atoms with Crippen molar-refractivity contribution >= 4 is 29.5 Å². The van der Waals surface area contributed by atoms with Gasteiger partial charge in [-0.25, -0.2) is 4.79 Å². The molecule has 3 nitrogen and oxygen atoms in total. The molecule has 1 amide bonds. The summed E-state index contributed by atoms with van der Waals surface area (Å²) in [6, 6.07) is 9.67. The van der Waals surface area contributed by atoms with Gasteiger partial charge in [0.2, 0.25) is 0 Å². The highest BCUT2D eigenvalue weighted by Crippen LogP contribution is 2.25. The van der Waals surface area contributed by atoms with E-state index in [1.54, 1.807) is 16.7 Å². The van der Waals surface area contributed by atoms with Crippen molar-refractivity contribution in [2.45, 2.75) is 17.2 Å². The summed E-state index contributed by atoms with van der Waals surface area (Å²) in [6.45, 7) is 1.55. The first-order valence-corrected chi connectivity index (χ1v) is 7.55. The Morgan fingerprint density at radius 3 is 2.78 bits per heavy atom. The van der Waals surface area contributed by atoms with Gasteiger partial charge in [-0.2, -0.15) is 11.8 Å². The summed E-state index contributed by atoms with van der Waals surface area (Å²) < 4.78 is 5.27. The number of thioether (sulfide) groups is 1. The molecule has 1 aliphatic rings. The molecule has 0 spiro atoms. The minimum absolute atomic E-state index is 0.0178. The first kappa shape index (κ1) is 13.6. The van der Waals surface area contributed by atoms with Crippen LogP contribution in [0.2, 0.25) is 0 Å². The second kappa shape index (κ2) is 6.34. The standard InChI is InChI=1S/C13H16ClNO2S/c1-18-12-8-15(7-11(12)14)13(16)17-9-10-5-3-2-4-6-10/h2-6,11-12H,7-9H2,1H3/t11-,12+/m0/s1. The van der Waals surface area contributed by atoms with Crippen LogP contribution < -0.4 is 0 Å². The van der Waals surface area contributed by atoms with E-state index in [1.807, 2.05) is 36.6 Å². The number of rotatable bonds is 3. The van der Waals surface area contributed by atoms with Crippen LogP contribution in [0.1, 0.15) is 5.56 Å². The molecule has 0 unspecified atom stereocenters. The molecule has 1 aromatic rings. The number of amides is 1. The number of hydrogen-bond acceptors (Lipinski definition) is 3. The van der Waals surface area contributed by atoms with E-state index in [-0.39, 0.29) is 11.5 Å². The Kier molecular flexibility index (Phi) is 4.78. The van der Waals surface area contributed by atoms with Crippen LogP contribution in [0.15, 0.2) is 30.3 Å². The fraction of sp³-hybridized carbons (Fsp3) is 0.462. The third-order valence-electron chi connectivity index (χ3n) is 2.96. The average Bonchev–Trinajstić information content (AvgIpc) is 2.78. The molecule has 0 aromatic heterocycles. The maximum Gasteiger partial charge on any atom is 0.410 e. The van der Waals surface area contributed by atoms with Gasteiger partial charge in [-0.15, -0.1) is 11.6 Å². The quantitative estimate of drug-likeness (QED) is 0.800. The van der Waals surface area contributed by atoms with Crippen molar-refractivity contribution in [1.29, 1.82) is 0 Å². The van der Waals surface area contributed by atoms with Gasteiger partial charge in [0.05, 0.1) is 5.38 Å². The summed E-state index contributed by atoms with van der Waals surface area (Å²) in [6.07, 6.45) is 1.74. The lowest BCUT2D eigenvalue weighted by Gasteiger charge is -2.15. The second-order valence-electron chi connectivity index (χ2n) is 4.24. The van der Waals surface area contributed by atoms with Crippen LogP contribution in [0.25, 0.3) is 0 Å². The lowest BCUT2D eigenvalue weighted by atomic mass is 10.2. The van der Waals surface area contributed by atoms with E-state index in [0.717, 1.165) is 5.56 Å². The molecule has 0 saturated carbocycles. The molecule has 1 heterocycles. The molecule has 2 rings (SSSR count). The van der Waals surface area contributed by atoms with Crippen LogP contribution in [0.5, 0.6) is 0 Å². The van der Waals surface area contributed by atoms with Gasteiger partial charge in [0, 0.05) is 18.3 Å². The Morgan fingerprint density at radius 2 is 2.17 bits per heavy atom. The zero-order chi connectivity index (χ0) is 13.0. The maximum absolute atomic E-state index is 11.9. The predicted octanol–water partition coefficient (Wildman–Crippen LogP) is 2.98. The molecule has 0 aliphatic carbocycles. The Morgan fingerprint density at radius 1 is 1.44 bits per heavy atom. The van der Waals surface area contributed by atoms with Crippen molar-refractivity contribution in [3.8, 4) is 0 Å². The number of halogens is 1. The molecule has 1 aromatic carbocycles. The molecule has 98 valence electrons. The van der Waals surface area contributed by atoms with E-state index in [9.17, 15) is 4.79 Å². The molecule has 1 fully saturated rings. The molecular formula is C13H16ClNO2S. The fourth-order valence-electron chi connectivity index (χ4n) is 1.92. The topological polar surface area (TPSA) is 29.5 Å². The summed E-state index contributed by atoms with van der Waals surface area (Å²) in [5.74, 6) is 0. The van der Waals surface area contributed by atoms with Crippen LogP contribution in [0.4, 0.5) is 4.79 Å². The summed E-state index contributed by atoms with van der Waals surface area (Å²) in [4.78, 5) is 13.5. The molecule has 0 bridgehead atoms. The summed E-state index contributed by atoms with van der Waals surface area (Å²) >= 11 is 7.86. The highest BCUT2D eigenvalue weighted by Gasteiger charge is 2.34. The van der Waals surface area contributed by atoms with E-state index >= 15 is 0 Å². The van der Waals surface area contributed by atoms with Gasteiger partial charge < -0.3 is 9.64 Å². The zero-order valence-electron chi connectivity index (χ0n) is 10.2. The number of carbonyl (C=O) groups is 1. The Balaban J connectivity index is 1.82. The Labute approximate surface area is 116 Å². The van der Waals surface area contributed by atoms with Crippen LogP contribution >= 0.6 is 23.4 Å². The van der Waals surface area contributed by atoms with Gasteiger partial charge in [0.25, 0.3) is 0 Å². The van der Waals surface area contributed by atoms with Crippen LogP contribution in [-0.2, 0) is 11.3 Å². The van der Waals surface area contributed by atoms with Gasteiger partial charge in [-0.3, -0.25) is 0 Å². The number of hydrogen-bond donors (Lipinski definition) is 0. The lowest BCUT2D eigenvalue weighted by Crippen LogP contribution is -2.29. The monoisotopic (exact) mass is 285 g/mol. The van der Waals surface area contributed by atoms with Crippen molar-refractivity contribution in [1.82, 2.24) is 4.90 Å². The number of ether oxygens (including phenoxy) is 1. The first-order chi connectivity index (χ1) is 8.70. The van der Waals surface area contributed by atoms with E-state index in [4.69, 9.17) is 16.3 Å². The van der Waals surface area contributed by atoms with Gasteiger partial charge in [0.1, 0.15) is 6.61 Å². The van der Waals surface area contributed by atoms with Crippen LogP contribution in [0, 0.1) is 0 Å². The van der Waals surface area contributed by atoms with Crippen LogP contribution in [0.3, 0.4) is 0 Å². The molecule has 1 aliphatic heterocycles. The minimum atomic E-state index is -0.277. The van der Waals surface area contributed by atoms with Crippen molar-refractivity contribution in [2.75, 3.05) is 19.3 Å². The highest BCUT2D eigenvalue weighted by atomic mass is 35.5. The van der Waals surface area contributed by atoms with Gasteiger partial charge in [-0.1, -0.05) is 30.3 Å². The van der Waals surface area contributed by atoms with Crippen molar-refractivity contribution in [3.05, 3.63) is 35.9 Å². The predicted molar refractivity (Wildman–Crippen MR) is 75.1 cm³/mol. The zero-order valence-corrected chi connectivity index (χ0v) is 11.8. The molecule has 1 saturated heterocycles. The molecular weight excluding hydrogens is 270 g/mol. The summed E-state index contributed by atoms with van der Waals surface area (Å²) in [7, 11) is 0. The molecule has 0 radical (unpaired) electrons.